The zero-order valence-electron chi connectivity index (χ0n) is 10.4. The van der Waals surface area contributed by atoms with Gasteiger partial charge >= 0.3 is 12.0 Å². The minimum atomic E-state index is -1.45. The lowest BCUT2D eigenvalue weighted by atomic mass is 10.2. The number of hydrogen-bond donors (Lipinski definition) is 4. The summed E-state index contributed by atoms with van der Waals surface area (Å²) in [6.07, 6.45) is -1.49. The Morgan fingerprint density at radius 1 is 1.33 bits per heavy atom. The number of carboxylic acids is 1. The molecule has 4 N–H and O–H groups in total. The molecule has 0 radical (unpaired) electrons. The van der Waals surface area contributed by atoms with E-state index in [9.17, 15) is 9.59 Å². The molecule has 0 aliphatic rings. The predicted molar refractivity (Wildman–Crippen MR) is 65.3 cm³/mol. The molecule has 0 aromatic heterocycles. The van der Waals surface area contributed by atoms with Crippen LogP contribution in [0.1, 0.15) is 13.3 Å². The monoisotopic (exact) mass is 260 g/mol. The molecule has 0 fully saturated rings. The van der Waals surface area contributed by atoms with Gasteiger partial charge in [-0.25, -0.2) is 9.59 Å². The summed E-state index contributed by atoms with van der Waals surface area (Å²) in [6.45, 7) is 6.77. The minimum absolute atomic E-state index is 0.0328. The highest BCUT2D eigenvalue weighted by atomic mass is 16.5. The molecule has 0 saturated heterocycles. The van der Waals surface area contributed by atoms with Gasteiger partial charge in [-0.05, 0) is 6.92 Å². The number of carbonyl (C=O) groups excluding carboxylic acids is 1. The molecule has 0 aromatic carbocycles. The largest absolute Gasteiger partial charge is 0.479 e. The lowest BCUT2D eigenvalue weighted by Gasteiger charge is -2.09. The number of carboxylic acid groups (broad SMARTS) is 1. The minimum Gasteiger partial charge on any atom is -0.479 e. The lowest BCUT2D eigenvalue weighted by molar-refractivity contribution is -0.146. The second kappa shape index (κ2) is 9.43. The first-order valence-corrected chi connectivity index (χ1v) is 5.58. The number of ether oxygens (including phenoxy) is 1. The van der Waals surface area contributed by atoms with Crippen LogP contribution in [0.4, 0.5) is 4.79 Å². The number of carbonyl (C=O) groups is 2. The molecule has 0 aliphatic carbocycles. The van der Waals surface area contributed by atoms with Gasteiger partial charge in [0.15, 0.2) is 6.10 Å². The summed E-state index contributed by atoms with van der Waals surface area (Å²) >= 11 is 0. The molecule has 0 rings (SSSR count). The second-order valence-corrected chi connectivity index (χ2v) is 3.84. The molecule has 0 aromatic rings. The fourth-order valence-corrected chi connectivity index (χ4v) is 0.992. The Kier molecular flexibility index (Phi) is 8.59. The summed E-state index contributed by atoms with van der Waals surface area (Å²) in [4.78, 5) is 21.4. The van der Waals surface area contributed by atoms with Gasteiger partial charge in [0.2, 0.25) is 0 Å². The average Bonchev–Trinajstić information content (AvgIpc) is 2.27. The number of rotatable bonds is 9. The Balaban J connectivity index is 3.43. The van der Waals surface area contributed by atoms with Gasteiger partial charge in [0, 0.05) is 19.5 Å². The zero-order valence-corrected chi connectivity index (χ0v) is 10.4. The van der Waals surface area contributed by atoms with Crippen molar-refractivity contribution in [3.05, 3.63) is 12.2 Å². The molecule has 0 bridgehead atoms. The van der Waals surface area contributed by atoms with E-state index in [-0.39, 0.29) is 13.0 Å². The number of aliphatic carboxylic acids is 1. The maximum absolute atomic E-state index is 11.2. The molecule has 1 atom stereocenters. The summed E-state index contributed by atoms with van der Waals surface area (Å²) in [5, 5.41) is 22.3. The highest BCUT2D eigenvalue weighted by Crippen LogP contribution is 1.89. The number of amides is 2. The van der Waals surface area contributed by atoms with E-state index in [2.05, 4.69) is 17.2 Å². The normalized spacial score (nSPS) is 11.7. The van der Waals surface area contributed by atoms with Gasteiger partial charge < -0.3 is 25.6 Å². The van der Waals surface area contributed by atoms with Crippen molar-refractivity contribution in [2.75, 3.05) is 26.3 Å². The Morgan fingerprint density at radius 2 is 1.94 bits per heavy atom. The van der Waals surface area contributed by atoms with Crippen molar-refractivity contribution in [2.45, 2.75) is 19.4 Å². The smallest absolute Gasteiger partial charge is 0.332 e. The van der Waals surface area contributed by atoms with Crippen molar-refractivity contribution in [3.8, 4) is 0 Å². The van der Waals surface area contributed by atoms with Gasteiger partial charge in [-0.2, -0.15) is 0 Å². The Bertz CT molecular complexity index is 293. The van der Waals surface area contributed by atoms with Crippen LogP contribution in [0.5, 0.6) is 0 Å². The highest BCUT2D eigenvalue weighted by Gasteiger charge is 2.12. The van der Waals surface area contributed by atoms with Crippen LogP contribution in [0.2, 0.25) is 0 Å². The molecule has 1 unspecified atom stereocenters. The maximum Gasteiger partial charge on any atom is 0.332 e. The first-order valence-electron chi connectivity index (χ1n) is 5.58. The van der Waals surface area contributed by atoms with E-state index in [1.807, 2.05) is 6.92 Å². The van der Waals surface area contributed by atoms with Crippen molar-refractivity contribution in [3.63, 3.8) is 0 Å². The van der Waals surface area contributed by atoms with Gasteiger partial charge in [-0.15, -0.1) is 0 Å². The van der Waals surface area contributed by atoms with E-state index in [1.165, 1.54) is 0 Å². The molecule has 2 amide bonds. The van der Waals surface area contributed by atoms with Gasteiger partial charge in [0.25, 0.3) is 0 Å². The van der Waals surface area contributed by atoms with Crippen LogP contribution < -0.4 is 10.6 Å². The fourth-order valence-electron chi connectivity index (χ4n) is 0.992. The zero-order chi connectivity index (χ0) is 14.0. The molecule has 0 heterocycles. The Morgan fingerprint density at radius 3 is 2.50 bits per heavy atom. The van der Waals surface area contributed by atoms with Crippen LogP contribution in [-0.4, -0.2) is 54.6 Å². The van der Waals surface area contributed by atoms with Gasteiger partial charge in [-0.1, -0.05) is 12.2 Å². The van der Waals surface area contributed by atoms with Gasteiger partial charge in [-0.3, -0.25) is 0 Å². The van der Waals surface area contributed by atoms with Crippen LogP contribution in [0, 0.1) is 0 Å². The molecule has 104 valence electrons. The van der Waals surface area contributed by atoms with Crippen molar-refractivity contribution in [1.82, 2.24) is 10.6 Å². The van der Waals surface area contributed by atoms with Crippen LogP contribution >= 0.6 is 0 Å². The Hall–Kier alpha value is -1.60. The predicted octanol–water partition coefficient (Wildman–Crippen LogP) is -0.286. The van der Waals surface area contributed by atoms with Crippen molar-refractivity contribution in [1.29, 1.82) is 0 Å². The lowest BCUT2D eigenvalue weighted by Crippen LogP contribution is -2.39. The van der Waals surface area contributed by atoms with E-state index in [1.54, 1.807) is 0 Å². The summed E-state index contributed by atoms with van der Waals surface area (Å²) < 4.78 is 5.16. The molecule has 0 spiro atoms. The summed E-state index contributed by atoms with van der Waals surface area (Å²) in [7, 11) is 0. The maximum atomic E-state index is 11.2. The standard InChI is InChI=1S/C11H20N2O5/c1-8(2)7-18-6-5-13-11(17)12-4-3-9(14)10(15)16/h9,14H,1,3-7H2,2H3,(H,15,16)(H2,12,13,17). The third-order valence-electron chi connectivity index (χ3n) is 1.87. The van der Waals surface area contributed by atoms with Crippen LogP contribution in [0.25, 0.3) is 0 Å². The number of nitrogens with one attached hydrogen (secondary N) is 2. The summed E-state index contributed by atoms with van der Waals surface area (Å²) in [5.74, 6) is -1.30. The highest BCUT2D eigenvalue weighted by molar-refractivity contribution is 5.74. The number of urea groups is 1. The van der Waals surface area contributed by atoms with E-state index >= 15 is 0 Å². The third-order valence-corrected chi connectivity index (χ3v) is 1.87. The first kappa shape index (κ1) is 16.4. The third kappa shape index (κ3) is 9.61. The molecule has 0 saturated carbocycles. The molecule has 18 heavy (non-hydrogen) atoms. The molecular weight excluding hydrogens is 240 g/mol. The van der Waals surface area contributed by atoms with E-state index in [4.69, 9.17) is 14.9 Å². The van der Waals surface area contributed by atoms with Crippen molar-refractivity contribution >= 4 is 12.0 Å². The number of hydrogen-bond acceptors (Lipinski definition) is 4. The summed E-state index contributed by atoms with van der Waals surface area (Å²) in [6, 6.07) is -0.425. The number of aliphatic hydroxyl groups is 1. The Labute approximate surface area is 106 Å². The molecule has 7 nitrogen and oxygen atoms in total. The second-order valence-electron chi connectivity index (χ2n) is 3.84. The van der Waals surface area contributed by atoms with Crippen molar-refractivity contribution in [2.24, 2.45) is 0 Å². The number of aliphatic hydroxyl groups excluding tert-OH is 1. The van der Waals surface area contributed by atoms with Crippen molar-refractivity contribution < 1.29 is 24.5 Å². The quantitative estimate of drug-likeness (QED) is 0.337. The topological polar surface area (TPSA) is 108 Å². The summed E-state index contributed by atoms with van der Waals surface area (Å²) in [5.41, 5.74) is 0.905. The first-order chi connectivity index (χ1) is 8.43. The van der Waals surface area contributed by atoms with Crippen LogP contribution in [0.3, 0.4) is 0 Å². The molecule has 0 aliphatic heterocycles. The molecule has 7 heteroatoms. The average molecular weight is 260 g/mol. The SMILES string of the molecule is C=C(C)COCCNC(=O)NCCC(O)C(=O)O. The van der Waals surface area contributed by atoms with E-state index in [0.717, 1.165) is 5.57 Å². The fraction of sp³-hybridized carbons (Fsp3) is 0.636. The van der Waals surface area contributed by atoms with Gasteiger partial charge in [0.1, 0.15) is 0 Å². The van der Waals surface area contributed by atoms with E-state index < -0.39 is 18.1 Å². The van der Waals surface area contributed by atoms with Crippen LogP contribution in [-0.2, 0) is 9.53 Å². The molecular formula is C11H20N2O5. The van der Waals surface area contributed by atoms with Gasteiger partial charge in [0.05, 0.1) is 13.2 Å². The van der Waals surface area contributed by atoms with Crippen LogP contribution in [0.15, 0.2) is 12.2 Å². The van der Waals surface area contributed by atoms with E-state index in [0.29, 0.717) is 19.8 Å².